The minimum atomic E-state index is -1.10. The SMILES string of the molecule is COC1CC(C(=O)O)N(C(=O)[C@@H](NC(=O)OC(C)(C)C)C(C)(C)Cc2ccc(-c3ccccc3)cc2)C1. The predicted octanol–water partition coefficient (Wildman–Crippen LogP) is 4.52. The number of hydrogen-bond donors (Lipinski definition) is 2. The van der Waals surface area contributed by atoms with E-state index in [1.807, 2.05) is 68.4 Å². The van der Waals surface area contributed by atoms with Crippen molar-refractivity contribution >= 4 is 18.0 Å². The lowest BCUT2D eigenvalue weighted by molar-refractivity contribution is -0.150. The van der Waals surface area contributed by atoms with Crippen LogP contribution in [0.25, 0.3) is 11.1 Å². The summed E-state index contributed by atoms with van der Waals surface area (Å²) in [4.78, 5) is 39.9. The average molecular weight is 511 g/mol. The van der Waals surface area contributed by atoms with Gasteiger partial charge in [-0.15, -0.1) is 0 Å². The van der Waals surface area contributed by atoms with Crippen LogP contribution in [-0.2, 0) is 25.5 Å². The smallest absolute Gasteiger partial charge is 0.408 e. The Morgan fingerprint density at radius 2 is 1.59 bits per heavy atom. The zero-order chi connectivity index (χ0) is 27.4. The summed E-state index contributed by atoms with van der Waals surface area (Å²) in [5.74, 6) is -1.57. The highest BCUT2D eigenvalue weighted by Crippen LogP contribution is 2.32. The van der Waals surface area contributed by atoms with Crippen molar-refractivity contribution in [2.45, 2.75) is 71.2 Å². The molecule has 2 aromatic carbocycles. The molecule has 37 heavy (non-hydrogen) atoms. The molecule has 3 rings (SSSR count). The molecule has 2 aromatic rings. The standard InChI is InChI=1S/C29H38N2O6/c1-28(2,3)37-27(35)30-24(25(32)31-18-22(36-6)16-23(31)26(33)34)29(4,5)17-19-12-14-21(15-13-19)20-10-8-7-9-11-20/h7-15,22-24H,16-18H2,1-6H3,(H,30,35)(H,33,34)/t22?,23?,24-/m1/s1. The quantitative estimate of drug-likeness (QED) is 0.541. The maximum atomic E-state index is 13.8. The molecule has 1 saturated heterocycles. The van der Waals surface area contributed by atoms with Gasteiger partial charge >= 0.3 is 12.1 Å². The number of amides is 2. The van der Waals surface area contributed by atoms with Crippen molar-refractivity contribution in [3.63, 3.8) is 0 Å². The second-order valence-electron chi connectivity index (χ2n) is 11.2. The summed E-state index contributed by atoms with van der Waals surface area (Å²) in [7, 11) is 1.50. The Morgan fingerprint density at radius 1 is 1.00 bits per heavy atom. The Kier molecular flexibility index (Phi) is 8.64. The van der Waals surface area contributed by atoms with Crippen LogP contribution in [0.15, 0.2) is 54.6 Å². The fourth-order valence-electron chi connectivity index (χ4n) is 4.70. The van der Waals surface area contributed by atoms with E-state index < -0.39 is 41.1 Å². The Labute approximate surface area is 219 Å². The highest BCUT2D eigenvalue weighted by Gasteiger charge is 2.46. The molecular weight excluding hydrogens is 472 g/mol. The third kappa shape index (κ3) is 7.32. The van der Waals surface area contributed by atoms with Crippen molar-refractivity contribution in [3.05, 3.63) is 60.2 Å². The molecule has 8 heteroatoms. The predicted molar refractivity (Wildman–Crippen MR) is 141 cm³/mol. The summed E-state index contributed by atoms with van der Waals surface area (Å²) < 4.78 is 10.8. The molecule has 1 aliphatic rings. The Morgan fingerprint density at radius 3 is 2.14 bits per heavy atom. The molecule has 0 saturated carbocycles. The van der Waals surface area contributed by atoms with Gasteiger partial charge in [0.05, 0.1) is 6.10 Å². The van der Waals surface area contributed by atoms with Gasteiger partial charge in [0.25, 0.3) is 0 Å². The lowest BCUT2D eigenvalue weighted by Gasteiger charge is -2.37. The number of nitrogens with one attached hydrogen (secondary N) is 1. The van der Waals surface area contributed by atoms with Gasteiger partial charge in [-0.05, 0) is 49.3 Å². The fraction of sp³-hybridized carbons (Fsp3) is 0.483. The van der Waals surface area contributed by atoms with Crippen LogP contribution in [0.1, 0.15) is 46.6 Å². The van der Waals surface area contributed by atoms with Crippen LogP contribution >= 0.6 is 0 Å². The maximum Gasteiger partial charge on any atom is 0.408 e. The first-order valence-electron chi connectivity index (χ1n) is 12.5. The van der Waals surface area contributed by atoms with Crippen molar-refractivity contribution in [1.29, 1.82) is 0 Å². The Hall–Kier alpha value is -3.39. The van der Waals surface area contributed by atoms with Gasteiger partial charge in [-0.25, -0.2) is 9.59 Å². The first kappa shape index (κ1) is 28.2. The van der Waals surface area contributed by atoms with Gasteiger partial charge in [-0.2, -0.15) is 0 Å². The van der Waals surface area contributed by atoms with Gasteiger partial charge in [0.15, 0.2) is 0 Å². The molecule has 0 radical (unpaired) electrons. The third-order valence-corrected chi connectivity index (χ3v) is 6.57. The van der Waals surface area contributed by atoms with E-state index in [4.69, 9.17) is 9.47 Å². The average Bonchev–Trinajstić information content (AvgIpc) is 3.27. The van der Waals surface area contributed by atoms with E-state index in [0.29, 0.717) is 6.42 Å². The summed E-state index contributed by atoms with van der Waals surface area (Å²) in [6.07, 6.45) is -0.459. The van der Waals surface area contributed by atoms with Crippen molar-refractivity contribution in [1.82, 2.24) is 10.2 Å². The topological polar surface area (TPSA) is 105 Å². The van der Waals surface area contributed by atoms with Crippen molar-refractivity contribution in [2.75, 3.05) is 13.7 Å². The molecule has 2 unspecified atom stereocenters. The number of benzene rings is 2. The van der Waals surface area contributed by atoms with Gasteiger partial charge in [-0.3, -0.25) is 4.79 Å². The van der Waals surface area contributed by atoms with Crippen LogP contribution < -0.4 is 5.32 Å². The van der Waals surface area contributed by atoms with Gasteiger partial charge in [0, 0.05) is 20.1 Å². The summed E-state index contributed by atoms with van der Waals surface area (Å²) in [6.45, 7) is 9.14. The van der Waals surface area contributed by atoms with E-state index >= 15 is 0 Å². The van der Waals surface area contributed by atoms with Crippen LogP contribution in [0.5, 0.6) is 0 Å². The van der Waals surface area contributed by atoms with Gasteiger partial charge in [0.2, 0.25) is 5.91 Å². The Balaban J connectivity index is 1.88. The number of rotatable bonds is 8. The van der Waals surface area contributed by atoms with Crippen molar-refractivity contribution in [3.8, 4) is 11.1 Å². The molecule has 2 amide bonds. The molecular formula is C29H38N2O6. The number of aliphatic carboxylic acids is 1. The molecule has 200 valence electrons. The van der Waals surface area contributed by atoms with E-state index in [9.17, 15) is 19.5 Å². The number of hydrogen-bond acceptors (Lipinski definition) is 5. The zero-order valence-corrected chi connectivity index (χ0v) is 22.5. The zero-order valence-electron chi connectivity index (χ0n) is 22.5. The number of methoxy groups -OCH3 is 1. The maximum absolute atomic E-state index is 13.8. The molecule has 0 bridgehead atoms. The van der Waals surface area contributed by atoms with Crippen LogP contribution in [0.2, 0.25) is 0 Å². The molecule has 1 aliphatic heterocycles. The number of carbonyl (C=O) groups is 3. The minimum Gasteiger partial charge on any atom is -0.480 e. The largest absolute Gasteiger partial charge is 0.480 e. The second-order valence-corrected chi connectivity index (χ2v) is 11.2. The van der Waals surface area contributed by atoms with E-state index in [2.05, 4.69) is 5.32 Å². The molecule has 1 heterocycles. The normalized spacial score (nSPS) is 18.8. The van der Waals surface area contributed by atoms with Gasteiger partial charge in [-0.1, -0.05) is 68.4 Å². The lowest BCUT2D eigenvalue weighted by Crippen LogP contribution is -2.58. The summed E-state index contributed by atoms with van der Waals surface area (Å²) in [5, 5.41) is 12.5. The number of likely N-dealkylation sites (tertiary alicyclic amines) is 1. The number of carboxylic acids is 1. The first-order chi connectivity index (χ1) is 17.3. The minimum absolute atomic E-state index is 0.140. The molecule has 0 aliphatic carbocycles. The monoisotopic (exact) mass is 510 g/mol. The summed E-state index contributed by atoms with van der Waals surface area (Å²) >= 11 is 0. The van der Waals surface area contributed by atoms with E-state index in [1.165, 1.54) is 12.0 Å². The van der Waals surface area contributed by atoms with Crippen LogP contribution in [0, 0.1) is 5.41 Å². The van der Waals surface area contributed by atoms with Crippen LogP contribution in [0.3, 0.4) is 0 Å². The number of alkyl carbamates (subject to hydrolysis) is 1. The summed E-state index contributed by atoms with van der Waals surface area (Å²) in [6, 6.07) is 16.1. The molecule has 2 N–H and O–H groups in total. The number of carbonyl (C=O) groups excluding carboxylic acids is 2. The lowest BCUT2D eigenvalue weighted by atomic mass is 9.77. The van der Waals surface area contributed by atoms with Crippen molar-refractivity contribution in [2.24, 2.45) is 5.41 Å². The Bertz CT molecular complexity index is 1090. The van der Waals surface area contributed by atoms with E-state index in [-0.39, 0.29) is 19.1 Å². The van der Waals surface area contributed by atoms with Gasteiger partial charge < -0.3 is 24.8 Å². The van der Waals surface area contributed by atoms with Gasteiger partial charge in [0.1, 0.15) is 17.7 Å². The number of carboxylic acid groups (broad SMARTS) is 1. The molecule has 3 atom stereocenters. The highest BCUT2D eigenvalue weighted by atomic mass is 16.6. The molecule has 8 nitrogen and oxygen atoms in total. The molecule has 0 aromatic heterocycles. The highest BCUT2D eigenvalue weighted by molar-refractivity contribution is 5.90. The van der Waals surface area contributed by atoms with E-state index in [0.717, 1.165) is 16.7 Å². The van der Waals surface area contributed by atoms with Crippen LogP contribution in [0.4, 0.5) is 4.79 Å². The molecule has 0 spiro atoms. The van der Waals surface area contributed by atoms with E-state index in [1.54, 1.807) is 20.8 Å². The number of nitrogens with zero attached hydrogens (tertiary/aromatic N) is 1. The van der Waals surface area contributed by atoms with Crippen LogP contribution in [-0.4, -0.2) is 65.4 Å². The first-order valence-corrected chi connectivity index (χ1v) is 12.5. The number of ether oxygens (including phenoxy) is 2. The second kappa shape index (κ2) is 11.3. The molecule has 1 fully saturated rings. The summed E-state index contributed by atoms with van der Waals surface area (Å²) in [5.41, 5.74) is 1.65. The third-order valence-electron chi connectivity index (χ3n) is 6.57. The fourth-order valence-corrected chi connectivity index (χ4v) is 4.70. The van der Waals surface area contributed by atoms with Crippen molar-refractivity contribution < 1.29 is 29.0 Å².